The molecule has 6 heteroatoms. The summed E-state index contributed by atoms with van der Waals surface area (Å²) >= 11 is 1.48. The number of thioether (sulfide) groups is 1. The molecule has 1 fully saturated rings. The maximum absolute atomic E-state index is 12.0. The maximum atomic E-state index is 12.0. The Morgan fingerprint density at radius 1 is 1.55 bits per heavy atom. The van der Waals surface area contributed by atoms with Gasteiger partial charge in [0.15, 0.2) is 5.16 Å². The Morgan fingerprint density at radius 3 is 2.85 bits per heavy atom. The first-order valence-corrected chi connectivity index (χ1v) is 7.99. The van der Waals surface area contributed by atoms with Crippen molar-refractivity contribution in [2.45, 2.75) is 43.9 Å². The number of aromatic nitrogens is 2. The van der Waals surface area contributed by atoms with Gasteiger partial charge in [0.25, 0.3) is 0 Å². The molecule has 2 rings (SSSR count). The lowest BCUT2D eigenvalue weighted by atomic mass is 10.1. The highest BCUT2D eigenvalue weighted by atomic mass is 32.2. The van der Waals surface area contributed by atoms with Crippen LogP contribution in [-0.4, -0.2) is 50.8 Å². The van der Waals surface area contributed by atoms with Crippen molar-refractivity contribution >= 4 is 17.7 Å². The van der Waals surface area contributed by atoms with E-state index in [1.165, 1.54) is 11.8 Å². The highest BCUT2D eigenvalue weighted by Crippen LogP contribution is 2.20. The van der Waals surface area contributed by atoms with Crippen molar-refractivity contribution in [3.05, 3.63) is 12.4 Å². The zero-order valence-corrected chi connectivity index (χ0v) is 13.5. The Kier molecular flexibility index (Phi) is 4.75. The van der Waals surface area contributed by atoms with Gasteiger partial charge in [0.05, 0.1) is 5.75 Å². The molecule has 0 bridgehead atoms. The number of imidazole rings is 1. The largest absolute Gasteiger partial charge is 0.351 e. The van der Waals surface area contributed by atoms with E-state index in [-0.39, 0.29) is 17.5 Å². The molecule has 1 aliphatic rings. The first-order chi connectivity index (χ1) is 9.36. The lowest BCUT2D eigenvalue weighted by molar-refractivity contribution is -0.119. The summed E-state index contributed by atoms with van der Waals surface area (Å²) in [5.74, 6) is 0.524. The molecule has 0 radical (unpaired) electrons. The molecule has 2 heterocycles. The van der Waals surface area contributed by atoms with E-state index in [2.05, 4.69) is 36.0 Å². The minimum absolute atomic E-state index is 0.0961. The van der Waals surface area contributed by atoms with Crippen molar-refractivity contribution < 1.29 is 4.79 Å². The summed E-state index contributed by atoms with van der Waals surface area (Å²) in [6.07, 6.45) is 4.67. The fourth-order valence-corrected chi connectivity index (χ4v) is 3.12. The van der Waals surface area contributed by atoms with Gasteiger partial charge in [0.2, 0.25) is 5.91 Å². The highest BCUT2D eigenvalue weighted by molar-refractivity contribution is 7.99. The van der Waals surface area contributed by atoms with Crippen LogP contribution < -0.4 is 5.32 Å². The molecule has 1 atom stereocenters. The van der Waals surface area contributed by atoms with Gasteiger partial charge in [-0.15, -0.1) is 0 Å². The van der Waals surface area contributed by atoms with Crippen LogP contribution in [-0.2, 0) is 11.8 Å². The third-order valence-corrected chi connectivity index (χ3v) is 4.67. The second-order valence-corrected chi connectivity index (χ2v) is 7.22. The molecule has 1 saturated heterocycles. The number of nitrogens with zero attached hydrogens (tertiary/aromatic N) is 3. The molecular weight excluding hydrogens is 272 g/mol. The molecule has 1 aromatic rings. The Balaban J connectivity index is 1.74. The SMILES string of the molecule is Cn1ccnc1SCC(=O)NC1CCN(C(C)(C)C)C1. The third-order valence-electron chi connectivity index (χ3n) is 3.61. The number of aryl methyl sites for hydroxylation is 1. The Hall–Kier alpha value is -1.01. The Labute approximate surface area is 125 Å². The number of rotatable bonds is 4. The van der Waals surface area contributed by atoms with Gasteiger partial charge in [0.1, 0.15) is 0 Å². The zero-order valence-electron chi connectivity index (χ0n) is 12.7. The van der Waals surface area contributed by atoms with Gasteiger partial charge in [-0.2, -0.15) is 0 Å². The van der Waals surface area contributed by atoms with Crippen LogP contribution in [0.5, 0.6) is 0 Å². The summed E-state index contributed by atoms with van der Waals surface area (Å²) in [4.78, 5) is 18.6. The molecule has 1 N–H and O–H groups in total. The predicted molar refractivity (Wildman–Crippen MR) is 81.8 cm³/mol. The quantitative estimate of drug-likeness (QED) is 0.856. The predicted octanol–water partition coefficient (Wildman–Crippen LogP) is 1.50. The molecule has 0 spiro atoms. The van der Waals surface area contributed by atoms with E-state index in [0.717, 1.165) is 24.7 Å². The number of likely N-dealkylation sites (tertiary alicyclic amines) is 1. The second-order valence-electron chi connectivity index (χ2n) is 6.28. The highest BCUT2D eigenvalue weighted by Gasteiger charge is 2.30. The van der Waals surface area contributed by atoms with E-state index < -0.39 is 0 Å². The molecule has 1 aliphatic heterocycles. The van der Waals surface area contributed by atoms with Crippen molar-refractivity contribution in [2.75, 3.05) is 18.8 Å². The molecule has 112 valence electrons. The first kappa shape index (κ1) is 15.4. The van der Waals surface area contributed by atoms with Crippen molar-refractivity contribution in [3.8, 4) is 0 Å². The molecule has 20 heavy (non-hydrogen) atoms. The van der Waals surface area contributed by atoms with Crippen LogP contribution >= 0.6 is 11.8 Å². The van der Waals surface area contributed by atoms with Crippen LogP contribution in [0.1, 0.15) is 27.2 Å². The standard InChI is InChI=1S/C14H24N4OS/c1-14(2,3)18-7-5-11(9-18)16-12(19)10-20-13-15-6-8-17(13)4/h6,8,11H,5,7,9-10H2,1-4H3,(H,16,19). The molecule has 0 aromatic carbocycles. The first-order valence-electron chi connectivity index (χ1n) is 7.01. The number of carbonyl (C=O) groups is 1. The van der Waals surface area contributed by atoms with E-state index in [1.54, 1.807) is 6.20 Å². The molecule has 1 amide bonds. The van der Waals surface area contributed by atoms with Crippen LogP contribution in [0.4, 0.5) is 0 Å². The van der Waals surface area contributed by atoms with Gasteiger partial charge >= 0.3 is 0 Å². The van der Waals surface area contributed by atoms with Gasteiger partial charge in [-0.1, -0.05) is 11.8 Å². The zero-order chi connectivity index (χ0) is 14.8. The van der Waals surface area contributed by atoms with E-state index in [0.29, 0.717) is 5.75 Å². The fraction of sp³-hybridized carbons (Fsp3) is 0.714. The minimum Gasteiger partial charge on any atom is -0.351 e. The van der Waals surface area contributed by atoms with Crippen molar-refractivity contribution in [3.63, 3.8) is 0 Å². The molecule has 5 nitrogen and oxygen atoms in total. The normalized spacial score (nSPS) is 20.3. The van der Waals surface area contributed by atoms with E-state index in [1.807, 2.05) is 17.8 Å². The molecular formula is C14H24N4OS. The molecule has 1 aromatic heterocycles. The van der Waals surface area contributed by atoms with Crippen LogP contribution in [0, 0.1) is 0 Å². The summed E-state index contributed by atoms with van der Waals surface area (Å²) in [7, 11) is 1.94. The van der Waals surface area contributed by atoms with Gasteiger partial charge in [-0.05, 0) is 27.2 Å². The van der Waals surface area contributed by atoms with E-state index in [9.17, 15) is 4.79 Å². The fourth-order valence-electron chi connectivity index (χ4n) is 2.38. The summed E-state index contributed by atoms with van der Waals surface area (Å²) in [6.45, 7) is 8.65. The number of amides is 1. The van der Waals surface area contributed by atoms with Crippen LogP contribution in [0.2, 0.25) is 0 Å². The number of hydrogen-bond donors (Lipinski definition) is 1. The summed E-state index contributed by atoms with van der Waals surface area (Å²) < 4.78 is 1.93. The summed E-state index contributed by atoms with van der Waals surface area (Å²) in [6, 6.07) is 0.281. The summed E-state index contributed by atoms with van der Waals surface area (Å²) in [5, 5.41) is 4.00. The average Bonchev–Trinajstić information content (AvgIpc) is 2.95. The van der Waals surface area contributed by atoms with Crippen molar-refractivity contribution in [1.29, 1.82) is 0 Å². The lowest BCUT2D eigenvalue weighted by Gasteiger charge is -2.31. The monoisotopic (exact) mass is 296 g/mol. The minimum atomic E-state index is 0.0961. The third kappa shape index (κ3) is 3.99. The van der Waals surface area contributed by atoms with Gasteiger partial charge in [0, 0.05) is 44.1 Å². The molecule has 0 aliphatic carbocycles. The van der Waals surface area contributed by atoms with E-state index >= 15 is 0 Å². The molecule has 1 unspecified atom stereocenters. The van der Waals surface area contributed by atoms with Crippen LogP contribution in [0.3, 0.4) is 0 Å². The van der Waals surface area contributed by atoms with Crippen molar-refractivity contribution in [1.82, 2.24) is 19.8 Å². The van der Waals surface area contributed by atoms with Crippen LogP contribution in [0.25, 0.3) is 0 Å². The Morgan fingerprint density at radius 2 is 2.30 bits per heavy atom. The topological polar surface area (TPSA) is 50.2 Å². The van der Waals surface area contributed by atoms with Gasteiger partial charge < -0.3 is 9.88 Å². The Bertz CT molecular complexity index is 466. The number of carbonyl (C=O) groups excluding carboxylic acids is 1. The van der Waals surface area contributed by atoms with Gasteiger partial charge in [-0.3, -0.25) is 9.69 Å². The second kappa shape index (κ2) is 6.18. The number of nitrogens with one attached hydrogen (secondary N) is 1. The number of hydrogen-bond acceptors (Lipinski definition) is 4. The van der Waals surface area contributed by atoms with Crippen LogP contribution in [0.15, 0.2) is 17.6 Å². The van der Waals surface area contributed by atoms with Gasteiger partial charge in [-0.25, -0.2) is 4.98 Å². The molecule has 0 saturated carbocycles. The average molecular weight is 296 g/mol. The van der Waals surface area contributed by atoms with E-state index in [4.69, 9.17) is 0 Å². The summed E-state index contributed by atoms with van der Waals surface area (Å²) in [5.41, 5.74) is 0.182. The lowest BCUT2D eigenvalue weighted by Crippen LogP contribution is -2.43. The maximum Gasteiger partial charge on any atom is 0.230 e. The van der Waals surface area contributed by atoms with Crippen molar-refractivity contribution in [2.24, 2.45) is 7.05 Å². The smallest absolute Gasteiger partial charge is 0.230 e.